The monoisotopic (exact) mass is 371 g/mol. The minimum absolute atomic E-state index is 0.0917. The molecule has 0 aromatic heterocycles. The van der Waals surface area contributed by atoms with E-state index in [-0.39, 0.29) is 25.0 Å². The first-order valence-corrected chi connectivity index (χ1v) is 8.17. The molecule has 8 heteroatoms. The molecule has 0 bridgehead atoms. The second kappa shape index (κ2) is 9.26. The van der Waals surface area contributed by atoms with Gasteiger partial charge in [0.1, 0.15) is 23.3 Å². The molecular formula is C18H23F2NO5. The SMILES string of the molecule is CCOC(=O)[C@H](CCC(=O)c1cc(F)cc(F)c1)NC(=O)OC(C)(C)C. The lowest BCUT2D eigenvalue weighted by Crippen LogP contribution is -2.44. The van der Waals surface area contributed by atoms with Gasteiger partial charge in [-0.2, -0.15) is 0 Å². The highest BCUT2D eigenvalue weighted by molar-refractivity contribution is 5.96. The van der Waals surface area contributed by atoms with E-state index in [2.05, 4.69) is 5.32 Å². The van der Waals surface area contributed by atoms with E-state index in [9.17, 15) is 23.2 Å². The van der Waals surface area contributed by atoms with Gasteiger partial charge in [-0.15, -0.1) is 0 Å². The predicted octanol–water partition coefficient (Wildman–Crippen LogP) is 3.38. The van der Waals surface area contributed by atoms with Crippen LogP contribution in [0.15, 0.2) is 18.2 Å². The van der Waals surface area contributed by atoms with Gasteiger partial charge < -0.3 is 14.8 Å². The van der Waals surface area contributed by atoms with E-state index in [1.54, 1.807) is 27.7 Å². The second-order valence-electron chi connectivity index (χ2n) is 6.57. The molecule has 0 aliphatic carbocycles. The smallest absolute Gasteiger partial charge is 0.408 e. The van der Waals surface area contributed by atoms with Crippen LogP contribution < -0.4 is 5.32 Å². The van der Waals surface area contributed by atoms with Crippen LogP contribution in [0.5, 0.6) is 0 Å². The summed E-state index contributed by atoms with van der Waals surface area (Å²) >= 11 is 0. The van der Waals surface area contributed by atoms with Gasteiger partial charge in [0.2, 0.25) is 0 Å². The third-order valence-corrected chi connectivity index (χ3v) is 3.11. The Kier molecular flexibility index (Phi) is 7.67. The zero-order chi connectivity index (χ0) is 19.9. The van der Waals surface area contributed by atoms with Gasteiger partial charge in [0.25, 0.3) is 0 Å². The molecule has 0 unspecified atom stereocenters. The van der Waals surface area contributed by atoms with Crippen LogP contribution in [-0.2, 0) is 14.3 Å². The Morgan fingerprint density at radius 2 is 1.69 bits per heavy atom. The molecule has 0 spiro atoms. The second-order valence-corrected chi connectivity index (χ2v) is 6.57. The summed E-state index contributed by atoms with van der Waals surface area (Å²) in [5, 5.41) is 2.35. The fourth-order valence-corrected chi connectivity index (χ4v) is 2.08. The fourth-order valence-electron chi connectivity index (χ4n) is 2.08. The minimum atomic E-state index is -1.12. The number of halogens is 2. The molecule has 1 rings (SSSR count). The average Bonchev–Trinajstić information content (AvgIpc) is 2.48. The number of alkyl carbamates (subject to hydrolysis) is 1. The molecule has 6 nitrogen and oxygen atoms in total. The molecule has 0 heterocycles. The fraction of sp³-hybridized carbons (Fsp3) is 0.500. The Hall–Kier alpha value is -2.51. The van der Waals surface area contributed by atoms with E-state index in [0.717, 1.165) is 12.1 Å². The number of amides is 1. The first-order valence-electron chi connectivity index (χ1n) is 8.17. The summed E-state index contributed by atoms with van der Waals surface area (Å²) in [5.74, 6) is -3.04. The highest BCUT2D eigenvalue weighted by atomic mass is 19.1. The minimum Gasteiger partial charge on any atom is -0.464 e. The molecule has 1 aromatic carbocycles. The molecule has 144 valence electrons. The van der Waals surface area contributed by atoms with Gasteiger partial charge in [-0.3, -0.25) is 4.79 Å². The Labute approximate surface area is 150 Å². The molecular weight excluding hydrogens is 348 g/mol. The first-order chi connectivity index (χ1) is 12.0. The molecule has 1 aromatic rings. The zero-order valence-electron chi connectivity index (χ0n) is 15.2. The van der Waals surface area contributed by atoms with Gasteiger partial charge in [0.05, 0.1) is 6.61 Å². The summed E-state index contributed by atoms with van der Waals surface area (Å²) in [4.78, 5) is 36.0. The standard InChI is InChI=1S/C18H23F2NO5/c1-5-25-16(23)14(21-17(24)26-18(2,3)4)6-7-15(22)11-8-12(19)10-13(20)9-11/h8-10,14H,5-7H2,1-4H3,(H,21,24)/t14-/m0/s1. The number of benzene rings is 1. The van der Waals surface area contributed by atoms with Crippen molar-refractivity contribution in [2.24, 2.45) is 0 Å². The van der Waals surface area contributed by atoms with Crippen LogP contribution in [-0.4, -0.2) is 36.1 Å². The van der Waals surface area contributed by atoms with Crippen LogP contribution in [0.3, 0.4) is 0 Å². The number of ketones is 1. The molecule has 0 aliphatic heterocycles. The maximum absolute atomic E-state index is 13.2. The molecule has 0 saturated heterocycles. The largest absolute Gasteiger partial charge is 0.464 e. The maximum atomic E-state index is 13.2. The summed E-state index contributed by atoms with van der Waals surface area (Å²) in [6.45, 7) is 6.67. The quantitative estimate of drug-likeness (QED) is 0.587. The van der Waals surface area contributed by atoms with Gasteiger partial charge in [-0.25, -0.2) is 18.4 Å². The number of esters is 1. The number of Topliss-reactive ketones (excluding diaryl/α,β-unsaturated/α-hetero) is 1. The van der Waals surface area contributed by atoms with Crippen LogP contribution in [0.2, 0.25) is 0 Å². The zero-order valence-corrected chi connectivity index (χ0v) is 15.2. The van der Waals surface area contributed by atoms with Crippen molar-refractivity contribution in [2.45, 2.75) is 52.2 Å². The van der Waals surface area contributed by atoms with Crippen molar-refractivity contribution in [3.05, 3.63) is 35.4 Å². The van der Waals surface area contributed by atoms with Gasteiger partial charge >= 0.3 is 12.1 Å². The van der Waals surface area contributed by atoms with E-state index >= 15 is 0 Å². The van der Waals surface area contributed by atoms with Crippen molar-refractivity contribution in [1.82, 2.24) is 5.32 Å². The van der Waals surface area contributed by atoms with E-state index in [1.807, 2.05) is 0 Å². The number of rotatable bonds is 7. The molecule has 26 heavy (non-hydrogen) atoms. The number of nitrogens with one attached hydrogen (secondary N) is 1. The number of carbonyl (C=O) groups is 3. The molecule has 0 radical (unpaired) electrons. The van der Waals surface area contributed by atoms with E-state index in [0.29, 0.717) is 6.07 Å². The van der Waals surface area contributed by atoms with E-state index in [1.165, 1.54) is 0 Å². The Morgan fingerprint density at radius 3 is 2.19 bits per heavy atom. The van der Waals surface area contributed by atoms with Crippen molar-refractivity contribution < 1.29 is 32.6 Å². The Bertz CT molecular complexity index is 650. The predicted molar refractivity (Wildman–Crippen MR) is 89.7 cm³/mol. The van der Waals surface area contributed by atoms with Crippen molar-refractivity contribution in [1.29, 1.82) is 0 Å². The third kappa shape index (κ3) is 7.58. The first kappa shape index (κ1) is 21.5. The maximum Gasteiger partial charge on any atom is 0.408 e. The Balaban J connectivity index is 2.77. The number of hydrogen-bond donors (Lipinski definition) is 1. The Morgan fingerprint density at radius 1 is 1.12 bits per heavy atom. The summed E-state index contributed by atoms with van der Waals surface area (Å²) in [6, 6.07) is 1.35. The lowest BCUT2D eigenvalue weighted by Gasteiger charge is -2.22. The molecule has 0 aliphatic rings. The summed E-state index contributed by atoms with van der Waals surface area (Å²) < 4.78 is 36.4. The van der Waals surface area contributed by atoms with Gasteiger partial charge in [-0.05, 0) is 46.2 Å². The normalized spacial score (nSPS) is 12.2. The van der Waals surface area contributed by atoms with Gasteiger partial charge in [0.15, 0.2) is 5.78 Å². The van der Waals surface area contributed by atoms with E-state index < -0.39 is 41.1 Å². The number of hydrogen-bond acceptors (Lipinski definition) is 5. The van der Waals surface area contributed by atoms with Gasteiger partial charge in [0, 0.05) is 18.1 Å². The lowest BCUT2D eigenvalue weighted by molar-refractivity contribution is -0.145. The van der Waals surface area contributed by atoms with Crippen molar-refractivity contribution in [3.63, 3.8) is 0 Å². The van der Waals surface area contributed by atoms with Crippen LogP contribution in [0, 0.1) is 11.6 Å². The topological polar surface area (TPSA) is 81.7 Å². The average molecular weight is 371 g/mol. The van der Waals surface area contributed by atoms with E-state index in [4.69, 9.17) is 9.47 Å². The van der Waals surface area contributed by atoms with Crippen molar-refractivity contribution in [2.75, 3.05) is 6.61 Å². The van der Waals surface area contributed by atoms with Gasteiger partial charge in [-0.1, -0.05) is 0 Å². The van der Waals surface area contributed by atoms with Crippen molar-refractivity contribution in [3.8, 4) is 0 Å². The van der Waals surface area contributed by atoms with Crippen LogP contribution >= 0.6 is 0 Å². The molecule has 1 amide bonds. The molecule has 1 atom stereocenters. The highest BCUT2D eigenvalue weighted by Gasteiger charge is 2.26. The molecule has 0 fully saturated rings. The summed E-state index contributed by atoms with van der Waals surface area (Å²) in [5.41, 5.74) is -0.916. The summed E-state index contributed by atoms with van der Waals surface area (Å²) in [7, 11) is 0. The summed E-state index contributed by atoms with van der Waals surface area (Å²) in [6.07, 6.45) is -1.16. The lowest BCUT2D eigenvalue weighted by atomic mass is 10.0. The number of carbonyl (C=O) groups excluding carboxylic acids is 3. The third-order valence-electron chi connectivity index (χ3n) is 3.11. The molecule has 0 saturated carbocycles. The highest BCUT2D eigenvalue weighted by Crippen LogP contribution is 2.13. The molecule has 1 N–H and O–H groups in total. The van der Waals surface area contributed by atoms with Crippen LogP contribution in [0.25, 0.3) is 0 Å². The van der Waals surface area contributed by atoms with Crippen LogP contribution in [0.4, 0.5) is 13.6 Å². The van der Waals surface area contributed by atoms with Crippen molar-refractivity contribution >= 4 is 17.8 Å². The number of ether oxygens (including phenoxy) is 2. The van der Waals surface area contributed by atoms with Crippen LogP contribution in [0.1, 0.15) is 50.9 Å².